The van der Waals surface area contributed by atoms with Gasteiger partial charge in [-0.3, -0.25) is 10.1 Å². The second-order valence-corrected chi connectivity index (χ2v) is 7.43. The third-order valence-corrected chi connectivity index (χ3v) is 3.68. The van der Waals surface area contributed by atoms with E-state index in [1.807, 2.05) is 20.8 Å². The number of rotatable bonds is 3. The van der Waals surface area contributed by atoms with Crippen LogP contribution in [0.2, 0.25) is 0 Å². The Labute approximate surface area is 157 Å². The zero-order chi connectivity index (χ0) is 20.7. The Balaban J connectivity index is 2.15. The van der Waals surface area contributed by atoms with Crippen LogP contribution in [0.25, 0.3) is 17.0 Å². The van der Waals surface area contributed by atoms with Crippen molar-refractivity contribution in [1.29, 1.82) is 0 Å². The van der Waals surface area contributed by atoms with Crippen molar-refractivity contribution < 1.29 is 22.4 Å². The van der Waals surface area contributed by atoms with Gasteiger partial charge in [0.25, 0.3) is 0 Å². The molecule has 0 aliphatic carbocycles. The summed E-state index contributed by atoms with van der Waals surface area (Å²) in [5.41, 5.74) is -1.45. The zero-order valence-electron chi connectivity index (χ0n) is 15.3. The molecule has 0 bridgehead atoms. The lowest BCUT2D eigenvalue weighted by molar-refractivity contribution is -0.141. The molecular formula is C18H17F4N5O. The van der Waals surface area contributed by atoms with Crippen molar-refractivity contribution >= 4 is 23.0 Å². The van der Waals surface area contributed by atoms with Gasteiger partial charge in [0.1, 0.15) is 22.8 Å². The second-order valence-electron chi connectivity index (χ2n) is 7.43. The van der Waals surface area contributed by atoms with Crippen molar-refractivity contribution in [1.82, 2.24) is 19.5 Å². The zero-order valence-corrected chi connectivity index (χ0v) is 15.3. The lowest BCUT2D eigenvalue weighted by atomic mass is 9.92. The minimum absolute atomic E-state index is 0.0461. The first-order chi connectivity index (χ1) is 12.9. The largest absolute Gasteiger partial charge is 0.433 e. The van der Waals surface area contributed by atoms with Gasteiger partial charge in [-0.25, -0.2) is 23.9 Å². The van der Waals surface area contributed by atoms with E-state index in [1.165, 1.54) is 6.07 Å². The summed E-state index contributed by atoms with van der Waals surface area (Å²) in [6, 6.07) is 4.32. The van der Waals surface area contributed by atoms with Gasteiger partial charge in [0.2, 0.25) is 11.9 Å². The first-order valence-electron chi connectivity index (χ1n) is 8.32. The molecule has 148 valence electrons. The van der Waals surface area contributed by atoms with Gasteiger partial charge in [-0.05, 0) is 29.7 Å². The second kappa shape index (κ2) is 6.84. The predicted octanol–water partition coefficient (Wildman–Crippen LogP) is 4.35. The van der Waals surface area contributed by atoms with Crippen LogP contribution >= 0.6 is 0 Å². The number of anilines is 1. The van der Waals surface area contributed by atoms with Gasteiger partial charge in [0, 0.05) is 6.42 Å². The third kappa shape index (κ3) is 4.26. The van der Waals surface area contributed by atoms with Gasteiger partial charge in [0.05, 0.1) is 6.20 Å². The Bertz CT molecular complexity index is 1020. The highest BCUT2D eigenvalue weighted by Gasteiger charge is 2.33. The van der Waals surface area contributed by atoms with Gasteiger partial charge in [0.15, 0.2) is 5.65 Å². The molecular weight excluding hydrogens is 378 g/mol. The van der Waals surface area contributed by atoms with Crippen molar-refractivity contribution in [2.75, 3.05) is 5.32 Å². The van der Waals surface area contributed by atoms with E-state index in [0.29, 0.717) is 0 Å². The molecule has 0 saturated heterocycles. The number of aromatic nitrogens is 4. The summed E-state index contributed by atoms with van der Waals surface area (Å²) in [5.74, 6) is -0.963. The van der Waals surface area contributed by atoms with Gasteiger partial charge in [-0.1, -0.05) is 20.8 Å². The van der Waals surface area contributed by atoms with Crippen LogP contribution in [-0.4, -0.2) is 25.4 Å². The number of nitrogens with zero attached hydrogens (tertiary/aromatic N) is 4. The molecule has 1 amide bonds. The molecule has 1 N–H and O–H groups in total. The van der Waals surface area contributed by atoms with E-state index in [9.17, 15) is 22.4 Å². The van der Waals surface area contributed by atoms with Crippen LogP contribution < -0.4 is 5.32 Å². The molecule has 28 heavy (non-hydrogen) atoms. The molecule has 0 atom stereocenters. The normalized spacial score (nSPS) is 12.4. The first-order valence-corrected chi connectivity index (χ1v) is 8.32. The Morgan fingerprint density at radius 2 is 1.82 bits per heavy atom. The third-order valence-electron chi connectivity index (χ3n) is 3.68. The number of pyridine rings is 2. The van der Waals surface area contributed by atoms with E-state index in [0.717, 1.165) is 29.0 Å². The Hall–Kier alpha value is -3.04. The molecule has 0 spiro atoms. The van der Waals surface area contributed by atoms with Crippen LogP contribution in [0.3, 0.4) is 0 Å². The molecule has 3 rings (SSSR count). The molecule has 0 unspecified atom stereocenters. The number of alkyl halides is 3. The summed E-state index contributed by atoms with van der Waals surface area (Å²) in [4.78, 5) is 24.0. The molecule has 0 aliphatic heterocycles. The fourth-order valence-electron chi connectivity index (χ4n) is 2.57. The predicted molar refractivity (Wildman–Crippen MR) is 94.3 cm³/mol. The lowest BCUT2D eigenvalue weighted by Crippen LogP contribution is -2.21. The van der Waals surface area contributed by atoms with E-state index in [2.05, 4.69) is 20.3 Å². The highest BCUT2D eigenvalue weighted by molar-refractivity contribution is 5.92. The summed E-state index contributed by atoms with van der Waals surface area (Å²) < 4.78 is 53.6. The van der Waals surface area contributed by atoms with Gasteiger partial charge in [-0.2, -0.15) is 13.2 Å². The summed E-state index contributed by atoms with van der Waals surface area (Å²) >= 11 is 0. The molecule has 6 nitrogen and oxygen atoms in total. The monoisotopic (exact) mass is 395 g/mol. The summed E-state index contributed by atoms with van der Waals surface area (Å²) in [5, 5.41) is 2.59. The van der Waals surface area contributed by atoms with Crippen molar-refractivity contribution in [2.24, 2.45) is 5.41 Å². The Morgan fingerprint density at radius 3 is 2.39 bits per heavy atom. The lowest BCUT2D eigenvalue weighted by Gasteiger charge is -2.17. The number of amides is 1. The van der Waals surface area contributed by atoms with Gasteiger partial charge >= 0.3 is 6.18 Å². The van der Waals surface area contributed by atoms with E-state index in [4.69, 9.17) is 0 Å². The summed E-state index contributed by atoms with van der Waals surface area (Å²) in [6.07, 6.45) is -3.58. The van der Waals surface area contributed by atoms with Crippen molar-refractivity contribution in [3.05, 3.63) is 42.0 Å². The van der Waals surface area contributed by atoms with Crippen molar-refractivity contribution in [3.8, 4) is 5.82 Å². The van der Waals surface area contributed by atoms with Gasteiger partial charge < -0.3 is 0 Å². The molecule has 0 fully saturated rings. The molecule has 0 radical (unpaired) electrons. The quantitative estimate of drug-likeness (QED) is 0.670. The summed E-state index contributed by atoms with van der Waals surface area (Å²) in [7, 11) is 0. The Morgan fingerprint density at radius 1 is 1.11 bits per heavy atom. The molecule has 3 aromatic rings. The average Bonchev–Trinajstić information content (AvgIpc) is 2.89. The van der Waals surface area contributed by atoms with Crippen LogP contribution in [0.5, 0.6) is 0 Å². The fraction of sp³-hybridized carbons (Fsp3) is 0.333. The number of halogens is 4. The van der Waals surface area contributed by atoms with Crippen molar-refractivity contribution in [2.45, 2.75) is 33.4 Å². The molecule has 3 aromatic heterocycles. The molecule has 0 saturated carbocycles. The SMILES string of the molecule is CC(C)(C)CC(=O)Nc1nc2ccc(C(F)(F)F)nc2n1-c1ccc(F)cn1. The summed E-state index contributed by atoms with van der Waals surface area (Å²) in [6.45, 7) is 5.61. The molecule has 0 aliphatic rings. The number of carbonyl (C=O) groups is 1. The van der Waals surface area contributed by atoms with Crippen LogP contribution in [0, 0.1) is 11.2 Å². The van der Waals surface area contributed by atoms with E-state index in [1.54, 1.807) is 0 Å². The number of fused-ring (bicyclic) bond motifs is 1. The number of carbonyl (C=O) groups excluding carboxylic acids is 1. The van der Waals surface area contributed by atoms with Crippen molar-refractivity contribution in [3.63, 3.8) is 0 Å². The fourth-order valence-corrected chi connectivity index (χ4v) is 2.57. The van der Waals surface area contributed by atoms with Crippen LogP contribution in [0.4, 0.5) is 23.5 Å². The smallest absolute Gasteiger partial charge is 0.296 e. The minimum Gasteiger partial charge on any atom is -0.296 e. The number of hydrogen-bond donors (Lipinski definition) is 1. The maximum atomic E-state index is 13.2. The van der Waals surface area contributed by atoms with Crippen LogP contribution in [-0.2, 0) is 11.0 Å². The number of hydrogen-bond acceptors (Lipinski definition) is 4. The number of imidazole rings is 1. The minimum atomic E-state index is -4.66. The average molecular weight is 395 g/mol. The first kappa shape index (κ1) is 19.7. The topological polar surface area (TPSA) is 72.7 Å². The van der Waals surface area contributed by atoms with E-state index in [-0.39, 0.29) is 40.7 Å². The maximum Gasteiger partial charge on any atom is 0.433 e. The highest BCUT2D eigenvalue weighted by Crippen LogP contribution is 2.31. The van der Waals surface area contributed by atoms with Crippen LogP contribution in [0.1, 0.15) is 32.9 Å². The standard InChI is InChI=1S/C18H17F4N5O/c1-17(2,3)8-14(28)26-16-24-11-5-6-12(18(20,21)22)25-15(11)27(16)13-7-4-10(19)9-23-13/h4-7,9H,8H2,1-3H3,(H,24,26,28). The van der Waals surface area contributed by atoms with Crippen LogP contribution in [0.15, 0.2) is 30.5 Å². The molecule has 0 aromatic carbocycles. The highest BCUT2D eigenvalue weighted by atomic mass is 19.4. The van der Waals surface area contributed by atoms with E-state index >= 15 is 0 Å². The van der Waals surface area contributed by atoms with E-state index < -0.39 is 17.7 Å². The number of nitrogens with one attached hydrogen (secondary N) is 1. The molecule has 3 heterocycles. The maximum absolute atomic E-state index is 13.2. The molecule has 10 heteroatoms. The Kier molecular flexibility index (Phi) is 4.82. The van der Waals surface area contributed by atoms with Gasteiger partial charge in [-0.15, -0.1) is 0 Å².